The van der Waals surface area contributed by atoms with Crippen molar-refractivity contribution in [3.05, 3.63) is 93.6 Å². The molecule has 6 heteroatoms. The monoisotopic (exact) mass is 446 g/mol. The van der Waals surface area contributed by atoms with Crippen molar-refractivity contribution in [3.63, 3.8) is 0 Å². The lowest BCUT2D eigenvalue weighted by molar-refractivity contribution is -0.120. The van der Waals surface area contributed by atoms with E-state index < -0.39 is 11.8 Å². The Balaban J connectivity index is 1.91. The number of rotatable bonds is 5. The van der Waals surface area contributed by atoms with Gasteiger partial charge in [0, 0.05) is 16.3 Å². The first-order valence-electron chi connectivity index (χ1n) is 10.2. The maximum absolute atomic E-state index is 13.7. The van der Waals surface area contributed by atoms with Crippen molar-refractivity contribution >= 4 is 40.4 Å². The molecule has 0 saturated heterocycles. The number of nitrogens with zero attached hydrogens (tertiary/aromatic N) is 1. The molecule has 1 aliphatic heterocycles. The number of carbonyl (C=O) groups is 2. The molecule has 0 saturated carbocycles. The molecule has 0 bridgehead atoms. The normalized spacial score (nSPS) is 13.7. The molecular weight excluding hydrogens is 424 g/mol. The second kappa shape index (κ2) is 8.52. The molecule has 0 aliphatic carbocycles. The van der Waals surface area contributed by atoms with Gasteiger partial charge in [0.05, 0.1) is 18.4 Å². The van der Waals surface area contributed by atoms with Crippen LogP contribution in [0.25, 0.3) is 5.57 Å². The predicted molar refractivity (Wildman–Crippen MR) is 128 cm³/mol. The molecule has 0 unspecified atom stereocenters. The fraction of sp³-hybridized carbons (Fsp3) is 0.154. The van der Waals surface area contributed by atoms with E-state index in [0.717, 1.165) is 16.7 Å². The lowest BCUT2D eigenvalue weighted by Gasteiger charge is -2.18. The molecule has 162 valence electrons. The molecule has 0 spiro atoms. The number of nitrogens with one attached hydrogen (secondary N) is 1. The molecule has 4 rings (SSSR count). The summed E-state index contributed by atoms with van der Waals surface area (Å²) in [5, 5.41) is 3.72. The van der Waals surface area contributed by atoms with E-state index in [9.17, 15) is 9.59 Å². The molecule has 1 aliphatic rings. The lowest BCUT2D eigenvalue weighted by Crippen LogP contribution is -2.33. The third kappa shape index (κ3) is 3.76. The second-order valence-corrected chi connectivity index (χ2v) is 8.21. The van der Waals surface area contributed by atoms with Gasteiger partial charge in [-0.25, -0.2) is 4.90 Å². The van der Waals surface area contributed by atoms with Crippen LogP contribution < -0.4 is 15.0 Å². The van der Waals surface area contributed by atoms with Crippen molar-refractivity contribution in [1.29, 1.82) is 0 Å². The summed E-state index contributed by atoms with van der Waals surface area (Å²) in [6, 6.07) is 18.2. The van der Waals surface area contributed by atoms with Gasteiger partial charge < -0.3 is 10.1 Å². The summed E-state index contributed by atoms with van der Waals surface area (Å²) in [5.41, 5.74) is 4.98. The number of benzene rings is 3. The lowest BCUT2D eigenvalue weighted by atomic mass is 10.0. The second-order valence-electron chi connectivity index (χ2n) is 7.77. The molecule has 3 aromatic rings. The van der Waals surface area contributed by atoms with Crippen LogP contribution in [0.4, 0.5) is 11.4 Å². The van der Waals surface area contributed by atoms with Gasteiger partial charge in [0.1, 0.15) is 11.4 Å². The summed E-state index contributed by atoms with van der Waals surface area (Å²) in [4.78, 5) is 28.6. The van der Waals surface area contributed by atoms with Crippen LogP contribution >= 0.6 is 11.6 Å². The van der Waals surface area contributed by atoms with Crippen molar-refractivity contribution in [3.8, 4) is 5.75 Å². The highest BCUT2D eigenvalue weighted by atomic mass is 35.5. The zero-order valence-electron chi connectivity index (χ0n) is 18.3. The summed E-state index contributed by atoms with van der Waals surface area (Å²) in [6.45, 7) is 5.77. The van der Waals surface area contributed by atoms with Crippen LogP contribution in [0.2, 0.25) is 5.02 Å². The number of halogens is 1. The highest BCUT2D eigenvalue weighted by molar-refractivity contribution is 6.46. The number of hydrogen-bond donors (Lipinski definition) is 1. The van der Waals surface area contributed by atoms with E-state index in [1.165, 1.54) is 12.0 Å². The van der Waals surface area contributed by atoms with Gasteiger partial charge in [-0.15, -0.1) is 0 Å². The number of aryl methyl sites for hydroxylation is 3. The summed E-state index contributed by atoms with van der Waals surface area (Å²) < 4.78 is 5.50. The topological polar surface area (TPSA) is 58.6 Å². The van der Waals surface area contributed by atoms with E-state index in [2.05, 4.69) is 5.32 Å². The van der Waals surface area contributed by atoms with Gasteiger partial charge in [-0.2, -0.15) is 0 Å². The SMILES string of the molecule is COc1ccccc1C1=C(Nc2cc(Cl)ccc2C)C(=O)N(c2ccc(C)cc2C)C1=O. The minimum Gasteiger partial charge on any atom is -0.496 e. The smallest absolute Gasteiger partial charge is 0.282 e. The predicted octanol–water partition coefficient (Wildman–Crippen LogP) is 5.67. The fourth-order valence-electron chi connectivity index (χ4n) is 3.89. The molecule has 0 fully saturated rings. The van der Waals surface area contributed by atoms with Crippen molar-refractivity contribution < 1.29 is 14.3 Å². The van der Waals surface area contributed by atoms with Gasteiger partial charge in [-0.1, -0.05) is 53.6 Å². The van der Waals surface area contributed by atoms with E-state index >= 15 is 0 Å². The number of hydrogen-bond acceptors (Lipinski definition) is 4. The number of methoxy groups -OCH3 is 1. The van der Waals surface area contributed by atoms with E-state index in [1.807, 2.05) is 51.1 Å². The standard InChI is InChI=1S/C26H23ClN2O3/c1-15-9-12-21(17(3)13-15)29-25(30)23(19-7-5-6-8-22(19)32-4)24(26(29)31)28-20-14-18(27)11-10-16(20)2/h5-14,28H,1-4H3. The Labute approximate surface area is 192 Å². The van der Waals surface area contributed by atoms with Crippen LogP contribution in [0.1, 0.15) is 22.3 Å². The average Bonchev–Trinajstić information content (AvgIpc) is 3.00. The maximum Gasteiger partial charge on any atom is 0.282 e. The molecule has 0 radical (unpaired) electrons. The first-order valence-corrected chi connectivity index (χ1v) is 10.6. The third-order valence-electron chi connectivity index (χ3n) is 5.51. The Morgan fingerprint density at radius 1 is 0.875 bits per heavy atom. The van der Waals surface area contributed by atoms with Crippen molar-refractivity contribution in [2.75, 3.05) is 17.3 Å². The van der Waals surface area contributed by atoms with E-state index in [1.54, 1.807) is 30.3 Å². The van der Waals surface area contributed by atoms with Gasteiger partial charge in [0.15, 0.2) is 0 Å². The zero-order valence-corrected chi connectivity index (χ0v) is 19.1. The van der Waals surface area contributed by atoms with Crippen LogP contribution in [0.3, 0.4) is 0 Å². The van der Waals surface area contributed by atoms with Crippen LogP contribution in [0.5, 0.6) is 5.75 Å². The van der Waals surface area contributed by atoms with Gasteiger partial charge in [-0.05, 0) is 56.2 Å². The molecule has 1 N–H and O–H groups in total. The Bertz CT molecular complexity index is 1280. The largest absolute Gasteiger partial charge is 0.496 e. The van der Waals surface area contributed by atoms with E-state index in [4.69, 9.17) is 16.3 Å². The molecule has 3 aromatic carbocycles. The summed E-state index contributed by atoms with van der Waals surface area (Å²) >= 11 is 6.19. The van der Waals surface area contributed by atoms with Crippen molar-refractivity contribution in [1.82, 2.24) is 0 Å². The fourth-order valence-corrected chi connectivity index (χ4v) is 4.06. The molecule has 2 amide bonds. The zero-order chi connectivity index (χ0) is 23.0. The molecular formula is C26H23ClN2O3. The molecule has 5 nitrogen and oxygen atoms in total. The highest BCUT2D eigenvalue weighted by Crippen LogP contribution is 2.38. The summed E-state index contributed by atoms with van der Waals surface area (Å²) in [5.74, 6) is -0.330. The van der Waals surface area contributed by atoms with E-state index in [-0.39, 0.29) is 11.3 Å². The molecule has 0 aromatic heterocycles. The van der Waals surface area contributed by atoms with Crippen molar-refractivity contribution in [2.45, 2.75) is 20.8 Å². The highest BCUT2D eigenvalue weighted by Gasteiger charge is 2.41. The first-order chi connectivity index (χ1) is 15.3. The third-order valence-corrected chi connectivity index (χ3v) is 5.75. The Hall–Kier alpha value is -3.57. The summed E-state index contributed by atoms with van der Waals surface area (Å²) in [7, 11) is 1.54. The van der Waals surface area contributed by atoms with Crippen LogP contribution in [0.15, 0.2) is 66.4 Å². The number of carbonyl (C=O) groups excluding carboxylic acids is 2. The minimum atomic E-state index is -0.428. The van der Waals surface area contributed by atoms with Crippen LogP contribution in [-0.2, 0) is 9.59 Å². The number of ether oxygens (including phenoxy) is 1. The van der Waals surface area contributed by atoms with Gasteiger partial charge in [0.25, 0.3) is 11.8 Å². The average molecular weight is 447 g/mol. The number of imide groups is 1. The van der Waals surface area contributed by atoms with Crippen LogP contribution in [-0.4, -0.2) is 18.9 Å². The molecule has 0 atom stereocenters. The van der Waals surface area contributed by atoms with E-state index in [0.29, 0.717) is 27.7 Å². The van der Waals surface area contributed by atoms with Gasteiger partial charge >= 0.3 is 0 Å². The van der Waals surface area contributed by atoms with Gasteiger partial charge in [-0.3, -0.25) is 9.59 Å². The number of anilines is 2. The van der Waals surface area contributed by atoms with Gasteiger partial charge in [0.2, 0.25) is 0 Å². The van der Waals surface area contributed by atoms with Crippen LogP contribution in [0, 0.1) is 20.8 Å². The van der Waals surface area contributed by atoms with Crippen molar-refractivity contribution in [2.24, 2.45) is 0 Å². The maximum atomic E-state index is 13.7. The Morgan fingerprint density at radius 3 is 2.34 bits per heavy atom. The number of amides is 2. The Kier molecular flexibility index (Phi) is 5.76. The Morgan fingerprint density at radius 2 is 1.62 bits per heavy atom. The summed E-state index contributed by atoms with van der Waals surface area (Å²) in [6.07, 6.45) is 0. The quantitative estimate of drug-likeness (QED) is 0.513. The number of para-hydroxylation sites is 1. The first kappa shape index (κ1) is 21.7. The molecule has 32 heavy (non-hydrogen) atoms. The molecule has 1 heterocycles. The minimum absolute atomic E-state index is 0.185.